The van der Waals surface area contributed by atoms with Crippen LogP contribution in [0.1, 0.15) is 38.5 Å². The van der Waals surface area contributed by atoms with Gasteiger partial charge in [-0.15, -0.1) is 0 Å². The molecule has 0 fully saturated rings. The lowest BCUT2D eigenvalue weighted by atomic mass is 10.2. The van der Waals surface area contributed by atoms with Crippen LogP contribution in [0.25, 0.3) is 0 Å². The topological polar surface area (TPSA) is 145 Å². The quantitative estimate of drug-likeness (QED) is 0.337. The maximum atomic E-state index is 9.90. The third kappa shape index (κ3) is 27.2. The average Bonchev–Trinajstić information content (AvgIpc) is 2.47. The first-order valence-electron chi connectivity index (χ1n) is 7.53. The van der Waals surface area contributed by atoms with Gasteiger partial charge < -0.3 is 31.2 Å². The first-order chi connectivity index (χ1) is 10.5. The van der Waals surface area contributed by atoms with E-state index in [9.17, 15) is 9.59 Å². The highest BCUT2D eigenvalue weighted by Gasteiger charge is 1.99. The predicted molar refractivity (Wildman–Crippen MR) is 82.7 cm³/mol. The SMILES string of the molecule is NCCCOCCOCCCN.O=C(O)CCCCC(=O)O. The number of aliphatic carboxylic acids is 2. The molecule has 132 valence electrons. The second kappa shape index (κ2) is 19.8. The van der Waals surface area contributed by atoms with E-state index in [-0.39, 0.29) is 12.8 Å². The van der Waals surface area contributed by atoms with Gasteiger partial charge in [0.1, 0.15) is 0 Å². The molecule has 0 aliphatic heterocycles. The van der Waals surface area contributed by atoms with E-state index in [0.717, 1.165) is 26.1 Å². The van der Waals surface area contributed by atoms with Gasteiger partial charge in [0.2, 0.25) is 0 Å². The first kappa shape index (κ1) is 23.1. The number of carbonyl (C=O) groups is 2. The molecule has 0 aromatic heterocycles. The second-order valence-corrected chi connectivity index (χ2v) is 4.50. The monoisotopic (exact) mass is 322 g/mol. The third-order valence-electron chi connectivity index (χ3n) is 2.39. The summed E-state index contributed by atoms with van der Waals surface area (Å²) in [5.74, 6) is -1.74. The van der Waals surface area contributed by atoms with Crippen molar-refractivity contribution in [3.05, 3.63) is 0 Å². The van der Waals surface area contributed by atoms with E-state index in [1.54, 1.807) is 0 Å². The summed E-state index contributed by atoms with van der Waals surface area (Å²) < 4.78 is 10.4. The van der Waals surface area contributed by atoms with Gasteiger partial charge in [-0.1, -0.05) is 0 Å². The lowest BCUT2D eigenvalue weighted by Crippen LogP contribution is -2.10. The summed E-state index contributed by atoms with van der Waals surface area (Å²) in [5.41, 5.74) is 10.6. The van der Waals surface area contributed by atoms with Crippen molar-refractivity contribution in [3.63, 3.8) is 0 Å². The van der Waals surface area contributed by atoms with E-state index in [1.165, 1.54) is 0 Å². The summed E-state index contributed by atoms with van der Waals surface area (Å²) in [5, 5.41) is 16.3. The van der Waals surface area contributed by atoms with Crippen LogP contribution in [0.3, 0.4) is 0 Å². The van der Waals surface area contributed by atoms with Gasteiger partial charge in [0.15, 0.2) is 0 Å². The minimum Gasteiger partial charge on any atom is -0.481 e. The second-order valence-electron chi connectivity index (χ2n) is 4.50. The van der Waals surface area contributed by atoms with Crippen molar-refractivity contribution in [3.8, 4) is 0 Å². The van der Waals surface area contributed by atoms with Crippen molar-refractivity contribution >= 4 is 11.9 Å². The number of hydrogen-bond acceptors (Lipinski definition) is 6. The Balaban J connectivity index is 0. The summed E-state index contributed by atoms with van der Waals surface area (Å²) in [6.07, 6.45) is 2.86. The molecule has 0 amide bonds. The number of ether oxygens (including phenoxy) is 2. The summed E-state index contributed by atoms with van der Waals surface area (Å²) in [4.78, 5) is 19.8. The standard InChI is InChI=1S/C8H20N2O2.C6H10O4/c9-3-1-5-11-7-8-12-6-2-4-10;7-5(8)3-1-2-4-6(9)10/h1-10H2;1-4H2,(H,7,8)(H,9,10). The largest absolute Gasteiger partial charge is 0.481 e. The zero-order valence-electron chi connectivity index (χ0n) is 13.2. The Bertz CT molecular complexity index is 238. The zero-order valence-corrected chi connectivity index (χ0v) is 13.2. The van der Waals surface area contributed by atoms with Crippen molar-refractivity contribution in [2.45, 2.75) is 38.5 Å². The number of hydrogen-bond donors (Lipinski definition) is 4. The van der Waals surface area contributed by atoms with Gasteiger partial charge in [0, 0.05) is 26.1 Å². The summed E-state index contributed by atoms with van der Waals surface area (Å²) in [6.45, 7) is 4.16. The molecule has 0 aromatic rings. The molecule has 0 rings (SSSR count). The van der Waals surface area contributed by atoms with Crippen LogP contribution in [0.2, 0.25) is 0 Å². The highest BCUT2D eigenvalue weighted by Crippen LogP contribution is 1.98. The van der Waals surface area contributed by atoms with Crippen LogP contribution >= 0.6 is 0 Å². The van der Waals surface area contributed by atoms with Crippen molar-refractivity contribution in [1.82, 2.24) is 0 Å². The molecule has 0 heterocycles. The molecule has 0 aliphatic carbocycles. The Morgan fingerprint density at radius 1 is 0.682 bits per heavy atom. The molecule has 0 saturated carbocycles. The maximum Gasteiger partial charge on any atom is 0.303 e. The Morgan fingerprint density at radius 2 is 1.05 bits per heavy atom. The molecule has 0 unspecified atom stereocenters. The lowest BCUT2D eigenvalue weighted by Gasteiger charge is -2.03. The molecular formula is C14H30N2O6. The molecule has 0 spiro atoms. The zero-order chi connectivity index (χ0) is 17.1. The maximum absolute atomic E-state index is 9.90. The van der Waals surface area contributed by atoms with Crippen molar-refractivity contribution in [2.75, 3.05) is 39.5 Å². The molecule has 22 heavy (non-hydrogen) atoms. The van der Waals surface area contributed by atoms with E-state index in [2.05, 4.69) is 0 Å². The van der Waals surface area contributed by atoms with Crippen LogP contribution in [0.4, 0.5) is 0 Å². The van der Waals surface area contributed by atoms with Gasteiger partial charge in [-0.05, 0) is 38.8 Å². The fourth-order valence-electron chi connectivity index (χ4n) is 1.25. The average molecular weight is 322 g/mol. The smallest absolute Gasteiger partial charge is 0.303 e. The Hall–Kier alpha value is -1.22. The van der Waals surface area contributed by atoms with Crippen LogP contribution < -0.4 is 11.5 Å². The normalized spacial score (nSPS) is 9.91. The molecular weight excluding hydrogens is 292 g/mol. The molecule has 8 heteroatoms. The van der Waals surface area contributed by atoms with Gasteiger partial charge in [-0.25, -0.2) is 0 Å². The number of rotatable bonds is 14. The van der Waals surface area contributed by atoms with Gasteiger partial charge in [-0.3, -0.25) is 9.59 Å². The molecule has 0 atom stereocenters. The van der Waals surface area contributed by atoms with E-state index < -0.39 is 11.9 Å². The third-order valence-corrected chi connectivity index (χ3v) is 2.39. The number of carboxylic acids is 2. The Morgan fingerprint density at radius 3 is 1.32 bits per heavy atom. The number of unbranched alkanes of at least 4 members (excludes halogenated alkanes) is 1. The van der Waals surface area contributed by atoms with Crippen LogP contribution in [0, 0.1) is 0 Å². The summed E-state index contributed by atoms with van der Waals surface area (Å²) in [6, 6.07) is 0. The van der Waals surface area contributed by atoms with Crippen LogP contribution in [-0.4, -0.2) is 61.7 Å². The molecule has 0 aromatic carbocycles. The molecule has 8 nitrogen and oxygen atoms in total. The van der Waals surface area contributed by atoms with Crippen molar-refractivity contribution in [2.24, 2.45) is 11.5 Å². The summed E-state index contributed by atoms with van der Waals surface area (Å²) in [7, 11) is 0. The predicted octanol–water partition coefficient (Wildman–Crippen LogP) is 0.433. The summed E-state index contributed by atoms with van der Waals surface area (Å²) >= 11 is 0. The fraction of sp³-hybridized carbons (Fsp3) is 0.857. The number of nitrogens with two attached hydrogens (primary N) is 2. The molecule has 0 saturated heterocycles. The van der Waals surface area contributed by atoms with E-state index in [0.29, 0.717) is 39.1 Å². The Labute approximate surface area is 131 Å². The number of carboxylic acid groups (broad SMARTS) is 2. The minimum atomic E-state index is -0.870. The highest BCUT2D eigenvalue weighted by molar-refractivity contribution is 5.67. The van der Waals surface area contributed by atoms with Crippen LogP contribution in [0.5, 0.6) is 0 Å². The van der Waals surface area contributed by atoms with Crippen molar-refractivity contribution in [1.29, 1.82) is 0 Å². The van der Waals surface area contributed by atoms with E-state index in [4.69, 9.17) is 31.2 Å². The van der Waals surface area contributed by atoms with E-state index >= 15 is 0 Å². The first-order valence-corrected chi connectivity index (χ1v) is 7.53. The van der Waals surface area contributed by atoms with Gasteiger partial charge in [-0.2, -0.15) is 0 Å². The fourth-order valence-corrected chi connectivity index (χ4v) is 1.25. The van der Waals surface area contributed by atoms with Crippen molar-refractivity contribution < 1.29 is 29.3 Å². The highest BCUT2D eigenvalue weighted by atomic mass is 16.5. The molecule has 0 bridgehead atoms. The van der Waals surface area contributed by atoms with Gasteiger partial charge >= 0.3 is 11.9 Å². The molecule has 0 aliphatic rings. The van der Waals surface area contributed by atoms with Crippen LogP contribution in [-0.2, 0) is 19.1 Å². The van der Waals surface area contributed by atoms with Crippen LogP contribution in [0.15, 0.2) is 0 Å². The van der Waals surface area contributed by atoms with Gasteiger partial charge in [0.25, 0.3) is 0 Å². The lowest BCUT2D eigenvalue weighted by molar-refractivity contribution is -0.139. The molecule has 6 N–H and O–H groups in total. The van der Waals surface area contributed by atoms with E-state index in [1.807, 2.05) is 0 Å². The molecule has 0 radical (unpaired) electrons. The Kier molecular flexibility index (Phi) is 20.7. The minimum absolute atomic E-state index is 0.0628. The van der Waals surface area contributed by atoms with Gasteiger partial charge in [0.05, 0.1) is 13.2 Å².